The molecule has 1 unspecified atom stereocenters. The maximum Gasteiger partial charge on any atom is 0.255 e. The van der Waals surface area contributed by atoms with Crippen molar-refractivity contribution in [1.29, 1.82) is 0 Å². The van der Waals surface area contributed by atoms with E-state index in [1.54, 1.807) is 11.8 Å². The summed E-state index contributed by atoms with van der Waals surface area (Å²) < 4.78 is 20.3. The van der Waals surface area contributed by atoms with Gasteiger partial charge < -0.3 is 24.8 Å². The number of hydrogen-bond donors (Lipinski definition) is 2. The largest absolute Gasteiger partial charge is 0.493 e. The molecule has 252 valence electrons. The molecule has 0 spiro atoms. The van der Waals surface area contributed by atoms with Gasteiger partial charge in [0.15, 0.2) is 11.5 Å². The minimum Gasteiger partial charge on any atom is -0.493 e. The highest BCUT2D eigenvalue weighted by Gasteiger charge is 2.36. The Balaban J connectivity index is 1.38. The first-order chi connectivity index (χ1) is 23.7. The Labute approximate surface area is 303 Å². The molecule has 9 nitrogen and oxygen atoms in total. The van der Waals surface area contributed by atoms with E-state index in [4.69, 9.17) is 35.9 Å². The molecule has 6 rings (SSSR count). The SMILES string of the molecule is CCOc1ccccc1NC(=O)C1=C(C)Nc2nc(SCc3ccccc3Cl)nn2C1c1cc(Br)c(OCc2cccc(C)c2)c(OC)c1. The summed E-state index contributed by atoms with van der Waals surface area (Å²) >= 11 is 11.6. The van der Waals surface area contributed by atoms with Crippen molar-refractivity contribution in [3.05, 3.63) is 128 Å². The van der Waals surface area contributed by atoms with E-state index in [-0.39, 0.29) is 5.91 Å². The lowest BCUT2D eigenvalue weighted by Crippen LogP contribution is -2.31. The molecule has 1 amide bonds. The number of para-hydroxylation sites is 2. The van der Waals surface area contributed by atoms with Crippen molar-refractivity contribution in [2.45, 2.75) is 44.3 Å². The molecule has 1 aromatic heterocycles. The molecule has 0 saturated carbocycles. The quantitative estimate of drug-likeness (QED) is 0.122. The molecular weight excluding hydrogens is 726 g/mol. The third-order valence-corrected chi connectivity index (χ3v) is 9.70. The number of amides is 1. The first-order valence-electron chi connectivity index (χ1n) is 15.6. The number of nitrogens with zero attached hydrogens (tertiary/aromatic N) is 3. The van der Waals surface area contributed by atoms with Crippen LogP contribution in [0.25, 0.3) is 0 Å². The Morgan fingerprint density at radius 3 is 2.59 bits per heavy atom. The highest BCUT2D eigenvalue weighted by atomic mass is 79.9. The summed E-state index contributed by atoms with van der Waals surface area (Å²) in [5, 5.41) is 12.5. The molecule has 5 aromatic rings. The van der Waals surface area contributed by atoms with Gasteiger partial charge in [0, 0.05) is 16.5 Å². The second-order valence-electron chi connectivity index (χ2n) is 11.3. The number of fused-ring (bicyclic) bond motifs is 1. The van der Waals surface area contributed by atoms with Crippen LogP contribution in [0.15, 0.2) is 106 Å². The Morgan fingerprint density at radius 2 is 1.82 bits per heavy atom. The van der Waals surface area contributed by atoms with Crippen LogP contribution in [0, 0.1) is 6.92 Å². The zero-order valence-electron chi connectivity index (χ0n) is 27.4. The molecule has 0 aliphatic carbocycles. The predicted octanol–water partition coefficient (Wildman–Crippen LogP) is 9.21. The van der Waals surface area contributed by atoms with E-state index in [0.29, 0.717) is 73.8 Å². The molecule has 12 heteroatoms. The number of hydrogen-bond acceptors (Lipinski definition) is 8. The number of carbonyl (C=O) groups is 1. The molecule has 2 N–H and O–H groups in total. The highest BCUT2D eigenvalue weighted by molar-refractivity contribution is 9.10. The number of aryl methyl sites for hydroxylation is 1. The molecule has 1 aliphatic rings. The minimum atomic E-state index is -0.673. The number of carbonyl (C=O) groups excluding carboxylic acids is 1. The number of ether oxygens (including phenoxy) is 3. The number of halogens is 2. The van der Waals surface area contributed by atoms with Gasteiger partial charge >= 0.3 is 0 Å². The topological polar surface area (TPSA) is 99.5 Å². The first kappa shape index (κ1) is 34.4. The van der Waals surface area contributed by atoms with Gasteiger partial charge in [-0.3, -0.25) is 4.79 Å². The van der Waals surface area contributed by atoms with Crippen LogP contribution in [0.2, 0.25) is 5.02 Å². The second-order valence-corrected chi connectivity index (χ2v) is 13.5. The number of thioether (sulfide) groups is 1. The molecule has 2 heterocycles. The molecule has 0 fully saturated rings. The van der Waals surface area contributed by atoms with Gasteiger partial charge in [-0.15, -0.1) is 5.10 Å². The smallest absolute Gasteiger partial charge is 0.255 e. The maximum absolute atomic E-state index is 14.3. The van der Waals surface area contributed by atoms with Gasteiger partial charge in [-0.2, -0.15) is 4.98 Å². The number of nitrogens with one attached hydrogen (secondary N) is 2. The molecule has 0 saturated heterocycles. The summed E-state index contributed by atoms with van der Waals surface area (Å²) in [5.41, 5.74) is 5.55. The summed E-state index contributed by atoms with van der Waals surface area (Å²) in [5.74, 6) is 2.40. The van der Waals surface area contributed by atoms with Crippen molar-refractivity contribution in [1.82, 2.24) is 14.8 Å². The van der Waals surface area contributed by atoms with E-state index in [1.165, 1.54) is 11.8 Å². The van der Waals surface area contributed by atoms with Gasteiger partial charge in [0.25, 0.3) is 5.91 Å². The number of anilines is 2. The number of benzene rings is 4. The third kappa shape index (κ3) is 7.74. The fourth-order valence-corrected chi connectivity index (χ4v) is 7.28. The molecule has 1 aliphatic heterocycles. The third-order valence-electron chi connectivity index (χ3n) is 7.86. The van der Waals surface area contributed by atoms with Crippen molar-refractivity contribution in [3.8, 4) is 17.2 Å². The van der Waals surface area contributed by atoms with Gasteiger partial charge in [-0.1, -0.05) is 83.5 Å². The lowest BCUT2D eigenvalue weighted by atomic mass is 9.94. The second kappa shape index (κ2) is 15.4. The van der Waals surface area contributed by atoms with Crippen LogP contribution in [0.4, 0.5) is 11.6 Å². The lowest BCUT2D eigenvalue weighted by molar-refractivity contribution is -0.113. The predicted molar refractivity (Wildman–Crippen MR) is 198 cm³/mol. The summed E-state index contributed by atoms with van der Waals surface area (Å²) in [6, 6.07) is 26.3. The van der Waals surface area contributed by atoms with Gasteiger partial charge in [0.05, 0.1) is 29.4 Å². The van der Waals surface area contributed by atoms with E-state index >= 15 is 0 Å². The van der Waals surface area contributed by atoms with Gasteiger partial charge in [-0.25, -0.2) is 4.68 Å². The molecule has 1 atom stereocenters. The molecule has 0 radical (unpaired) electrons. The number of allylic oxidation sites excluding steroid dienone is 1. The molecule has 49 heavy (non-hydrogen) atoms. The van der Waals surface area contributed by atoms with E-state index in [0.717, 1.165) is 22.3 Å². The Bertz CT molecular complexity index is 2030. The highest BCUT2D eigenvalue weighted by Crippen LogP contribution is 2.44. The average molecular weight is 761 g/mol. The van der Waals surface area contributed by atoms with Crippen molar-refractivity contribution < 1.29 is 19.0 Å². The van der Waals surface area contributed by atoms with Crippen LogP contribution < -0.4 is 24.8 Å². The van der Waals surface area contributed by atoms with Crippen LogP contribution in [-0.2, 0) is 17.2 Å². The van der Waals surface area contributed by atoms with Gasteiger partial charge in [-0.05, 0) is 83.7 Å². The van der Waals surface area contributed by atoms with Crippen molar-refractivity contribution in [2.24, 2.45) is 0 Å². The Morgan fingerprint density at radius 1 is 1.02 bits per heavy atom. The Hall–Kier alpha value is -4.45. The fourth-order valence-electron chi connectivity index (χ4n) is 5.59. The van der Waals surface area contributed by atoms with Crippen molar-refractivity contribution in [3.63, 3.8) is 0 Å². The average Bonchev–Trinajstić information content (AvgIpc) is 3.49. The van der Waals surface area contributed by atoms with E-state index in [2.05, 4.69) is 32.6 Å². The standard InChI is InChI=1S/C37H35BrClN5O4S/c1-5-47-30-16-9-8-15-29(30)41-35(45)32-23(3)40-36-42-37(49-21-25-13-6-7-14-28(25)39)43-44(36)33(32)26-18-27(38)34(31(19-26)46-4)48-20-24-12-10-11-22(2)17-24/h6-19,33H,5,20-21H2,1-4H3,(H,41,45)(H,40,42,43). The number of methoxy groups -OCH3 is 1. The van der Waals surface area contributed by atoms with Crippen molar-refractivity contribution in [2.75, 3.05) is 24.4 Å². The summed E-state index contributed by atoms with van der Waals surface area (Å²) in [6.45, 7) is 6.62. The summed E-state index contributed by atoms with van der Waals surface area (Å²) in [6.07, 6.45) is 0. The van der Waals surface area contributed by atoms with Crippen LogP contribution in [0.1, 0.15) is 42.1 Å². The number of rotatable bonds is 12. The maximum atomic E-state index is 14.3. The minimum absolute atomic E-state index is 0.316. The normalized spacial score (nSPS) is 13.8. The summed E-state index contributed by atoms with van der Waals surface area (Å²) in [4.78, 5) is 19.1. The van der Waals surface area contributed by atoms with Crippen LogP contribution in [-0.4, -0.2) is 34.4 Å². The fraction of sp³-hybridized carbons (Fsp3) is 0.216. The van der Waals surface area contributed by atoms with Crippen molar-refractivity contribution >= 4 is 56.8 Å². The van der Waals surface area contributed by atoms with Crippen LogP contribution in [0.5, 0.6) is 17.2 Å². The first-order valence-corrected chi connectivity index (χ1v) is 17.8. The monoisotopic (exact) mass is 759 g/mol. The van der Waals surface area contributed by atoms with Crippen LogP contribution >= 0.6 is 39.3 Å². The molecule has 0 bridgehead atoms. The number of aromatic nitrogens is 3. The van der Waals surface area contributed by atoms with E-state index < -0.39 is 6.04 Å². The zero-order chi connectivity index (χ0) is 34.5. The summed E-state index contributed by atoms with van der Waals surface area (Å²) in [7, 11) is 1.59. The lowest BCUT2D eigenvalue weighted by Gasteiger charge is -2.29. The molecular formula is C37H35BrClN5O4S. The van der Waals surface area contributed by atoms with E-state index in [9.17, 15) is 4.79 Å². The van der Waals surface area contributed by atoms with Gasteiger partial charge in [0.2, 0.25) is 11.1 Å². The van der Waals surface area contributed by atoms with Crippen LogP contribution in [0.3, 0.4) is 0 Å². The molecule has 4 aromatic carbocycles. The zero-order valence-corrected chi connectivity index (χ0v) is 30.6. The van der Waals surface area contributed by atoms with E-state index in [1.807, 2.05) is 99.6 Å². The van der Waals surface area contributed by atoms with Gasteiger partial charge in [0.1, 0.15) is 18.4 Å². The Kier molecular flexibility index (Phi) is 10.8.